The second-order valence-electron chi connectivity index (χ2n) is 6.48. The summed E-state index contributed by atoms with van der Waals surface area (Å²) in [6.07, 6.45) is 2.40. The van der Waals surface area contributed by atoms with Crippen LogP contribution in [-0.2, 0) is 4.74 Å². The first kappa shape index (κ1) is 16.5. The van der Waals surface area contributed by atoms with Crippen molar-refractivity contribution in [3.8, 4) is 0 Å². The van der Waals surface area contributed by atoms with Crippen LogP contribution in [0, 0.1) is 5.92 Å². The van der Waals surface area contributed by atoms with E-state index in [1.165, 1.54) is 18.4 Å². The molecule has 1 N–H and O–H groups in total. The Morgan fingerprint density at radius 2 is 1.86 bits per heavy atom. The lowest BCUT2D eigenvalue weighted by molar-refractivity contribution is 0.0500. The smallest absolute Gasteiger partial charge is 0.0469 e. The van der Waals surface area contributed by atoms with E-state index in [-0.39, 0.29) is 0 Å². The van der Waals surface area contributed by atoms with Crippen molar-refractivity contribution in [2.24, 2.45) is 5.92 Å². The lowest BCUT2D eigenvalue weighted by Gasteiger charge is -2.33. The maximum absolute atomic E-state index is 5.47. The zero-order chi connectivity index (χ0) is 15.1. The fourth-order valence-electron chi connectivity index (χ4n) is 3.01. The summed E-state index contributed by atoms with van der Waals surface area (Å²) in [5.74, 6) is 0.772. The maximum atomic E-state index is 5.47. The lowest BCUT2D eigenvalue weighted by atomic mass is 9.97. The summed E-state index contributed by atoms with van der Waals surface area (Å²) in [7, 11) is 2.26. The highest BCUT2D eigenvalue weighted by Gasteiger charge is 2.22. The van der Waals surface area contributed by atoms with Gasteiger partial charge in [-0.15, -0.1) is 0 Å². The van der Waals surface area contributed by atoms with E-state index in [1.54, 1.807) is 0 Å². The van der Waals surface area contributed by atoms with Crippen molar-refractivity contribution in [2.75, 3.05) is 33.4 Å². The number of nitrogens with zero attached hydrogens (tertiary/aromatic N) is 1. The molecular weight excluding hydrogens is 260 g/mol. The van der Waals surface area contributed by atoms with E-state index < -0.39 is 0 Å². The second kappa shape index (κ2) is 8.52. The molecule has 0 bridgehead atoms. The highest BCUT2D eigenvalue weighted by molar-refractivity contribution is 5.19. The Morgan fingerprint density at radius 3 is 2.48 bits per heavy atom. The Balaban J connectivity index is 1.99. The number of hydrogen-bond acceptors (Lipinski definition) is 3. The summed E-state index contributed by atoms with van der Waals surface area (Å²) >= 11 is 0. The van der Waals surface area contributed by atoms with Crippen LogP contribution in [0.3, 0.4) is 0 Å². The predicted octanol–water partition coefficient (Wildman–Crippen LogP) is 3.08. The first-order valence-electron chi connectivity index (χ1n) is 8.23. The molecule has 21 heavy (non-hydrogen) atoms. The van der Waals surface area contributed by atoms with E-state index in [0.29, 0.717) is 12.1 Å². The fraction of sp³-hybridized carbons (Fsp3) is 0.667. The van der Waals surface area contributed by atoms with Crippen LogP contribution in [0.4, 0.5) is 0 Å². The molecule has 1 fully saturated rings. The van der Waals surface area contributed by atoms with E-state index in [9.17, 15) is 0 Å². The molecule has 1 saturated heterocycles. The number of ether oxygens (including phenoxy) is 1. The Kier molecular flexibility index (Phi) is 6.68. The fourth-order valence-corrected chi connectivity index (χ4v) is 3.01. The van der Waals surface area contributed by atoms with Crippen molar-refractivity contribution in [2.45, 2.75) is 38.8 Å². The molecule has 1 aromatic carbocycles. The number of rotatable bonds is 7. The van der Waals surface area contributed by atoms with Crippen LogP contribution in [0.15, 0.2) is 30.3 Å². The van der Waals surface area contributed by atoms with Crippen LogP contribution in [0.25, 0.3) is 0 Å². The monoisotopic (exact) mass is 290 g/mol. The van der Waals surface area contributed by atoms with Gasteiger partial charge in [-0.1, -0.05) is 44.2 Å². The molecule has 1 aromatic rings. The van der Waals surface area contributed by atoms with E-state index in [2.05, 4.69) is 61.4 Å². The molecule has 1 atom stereocenters. The molecule has 1 aliphatic rings. The number of hydrogen-bond donors (Lipinski definition) is 1. The highest BCUT2D eigenvalue weighted by atomic mass is 16.5. The van der Waals surface area contributed by atoms with Gasteiger partial charge >= 0.3 is 0 Å². The summed E-state index contributed by atoms with van der Waals surface area (Å²) in [4.78, 5) is 2.51. The molecule has 0 amide bonds. The normalized spacial score (nSPS) is 18.3. The van der Waals surface area contributed by atoms with Crippen LogP contribution >= 0.6 is 0 Å². The summed E-state index contributed by atoms with van der Waals surface area (Å²) < 4.78 is 5.47. The van der Waals surface area contributed by atoms with Gasteiger partial charge in [0.15, 0.2) is 0 Å². The van der Waals surface area contributed by atoms with Crippen molar-refractivity contribution < 1.29 is 4.74 Å². The summed E-state index contributed by atoms with van der Waals surface area (Å²) in [5, 5.41) is 3.60. The number of nitrogens with one attached hydrogen (secondary N) is 1. The van der Waals surface area contributed by atoms with E-state index >= 15 is 0 Å². The minimum atomic E-state index is 0.441. The third-order valence-electron chi connectivity index (χ3n) is 4.32. The van der Waals surface area contributed by atoms with Gasteiger partial charge in [0.1, 0.15) is 0 Å². The molecule has 118 valence electrons. The molecular formula is C18H30N2O. The van der Waals surface area contributed by atoms with E-state index in [0.717, 1.165) is 32.2 Å². The molecule has 1 unspecified atom stereocenters. The highest BCUT2D eigenvalue weighted by Crippen LogP contribution is 2.23. The molecule has 2 rings (SSSR count). The molecule has 0 aromatic heterocycles. The minimum absolute atomic E-state index is 0.441. The molecule has 0 saturated carbocycles. The summed E-state index contributed by atoms with van der Waals surface area (Å²) in [6, 6.07) is 11.8. The zero-order valence-electron chi connectivity index (χ0n) is 13.7. The van der Waals surface area contributed by atoms with Gasteiger partial charge in [-0.2, -0.15) is 0 Å². The Labute approximate surface area is 129 Å². The predicted molar refractivity (Wildman–Crippen MR) is 88.5 cm³/mol. The van der Waals surface area contributed by atoms with Gasteiger partial charge in [0.05, 0.1) is 0 Å². The average Bonchev–Trinajstić information content (AvgIpc) is 2.49. The summed E-state index contributed by atoms with van der Waals surface area (Å²) in [6.45, 7) is 8.43. The van der Waals surface area contributed by atoms with Gasteiger partial charge in [-0.25, -0.2) is 0 Å². The van der Waals surface area contributed by atoms with Gasteiger partial charge in [0.2, 0.25) is 0 Å². The molecule has 0 spiro atoms. The first-order valence-corrected chi connectivity index (χ1v) is 8.23. The molecule has 3 heteroatoms. The molecule has 3 nitrogen and oxygen atoms in total. The molecule has 0 radical (unpaired) electrons. The first-order chi connectivity index (χ1) is 10.2. The van der Waals surface area contributed by atoms with Crippen LogP contribution in [0.2, 0.25) is 0 Å². The third-order valence-corrected chi connectivity index (χ3v) is 4.32. The van der Waals surface area contributed by atoms with E-state index in [1.807, 2.05) is 0 Å². The van der Waals surface area contributed by atoms with Crippen LogP contribution in [0.1, 0.15) is 38.3 Å². The Morgan fingerprint density at radius 1 is 1.19 bits per heavy atom. The zero-order valence-corrected chi connectivity index (χ0v) is 13.7. The van der Waals surface area contributed by atoms with Gasteiger partial charge in [-0.3, -0.25) is 4.90 Å². The summed E-state index contributed by atoms with van der Waals surface area (Å²) in [5.41, 5.74) is 1.40. The third kappa shape index (κ3) is 5.42. The van der Waals surface area contributed by atoms with Crippen LogP contribution in [-0.4, -0.2) is 44.3 Å². The SMILES string of the molecule is CC(C)NCC(c1ccccc1)N(C)CC1CCOCC1. The molecule has 1 aliphatic heterocycles. The van der Waals surface area contributed by atoms with Crippen molar-refractivity contribution >= 4 is 0 Å². The lowest BCUT2D eigenvalue weighted by Crippen LogP contribution is -2.39. The largest absolute Gasteiger partial charge is 0.381 e. The Bertz CT molecular complexity index is 387. The van der Waals surface area contributed by atoms with Gasteiger partial charge < -0.3 is 10.1 Å². The van der Waals surface area contributed by atoms with Crippen LogP contribution < -0.4 is 5.32 Å². The number of likely N-dealkylation sites (N-methyl/N-ethyl adjacent to an activating group) is 1. The minimum Gasteiger partial charge on any atom is -0.381 e. The van der Waals surface area contributed by atoms with Gasteiger partial charge in [0.25, 0.3) is 0 Å². The van der Waals surface area contributed by atoms with Crippen LogP contribution in [0.5, 0.6) is 0 Å². The standard InChI is InChI=1S/C18H30N2O/c1-15(2)19-13-18(17-7-5-4-6-8-17)20(3)14-16-9-11-21-12-10-16/h4-8,15-16,18-19H,9-14H2,1-3H3. The van der Waals surface area contributed by atoms with E-state index in [4.69, 9.17) is 4.74 Å². The number of benzene rings is 1. The Hall–Kier alpha value is -0.900. The average molecular weight is 290 g/mol. The van der Waals surface area contributed by atoms with Crippen molar-refractivity contribution in [3.05, 3.63) is 35.9 Å². The second-order valence-corrected chi connectivity index (χ2v) is 6.48. The quantitative estimate of drug-likeness (QED) is 0.835. The van der Waals surface area contributed by atoms with Crippen molar-refractivity contribution in [1.82, 2.24) is 10.2 Å². The van der Waals surface area contributed by atoms with Crippen molar-refractivity contribution in [3.63, 3.8) is 0 Å². The van der Waals surface area contributed by atoms with Gasteiger partial charge in [0, 0.05) is 38.4 Å². The van der Waals surface area contributed by atoms with Gasteiger partial charge in [-0.05, 0) is 31.4 Å². The van der Waals surface area contributed by atoms with Crippen molar-refractivity contribution in [1.29, 1.82) is 0 Å². The molecule has 1 heterocycles. The maximum Gasteiger partial charge on any atom is 0.0469 e. The molecule has 0 aliphatic carbocycles. The topological polar surface area (TPSA) is 24.5 Å².